The number of nitrogens with zero attached hydrogens (tertiary/aromatic N) is 2. The molecule has 1 aliphatic heterocycles. The van der Waals surface area contributed by atoms with Crippen molar-refractivity contribution in [1.29, 1.82) is 0 Å². The molecule has 2 rings (SSSR count). The second kappa shape index (κ2) is 9.03. The van der Waals surface area contributed by atoms with Gasteiger partial charge >= 0.3 is 0 Å². The predicted molar refractivity (Wildman–Crippen MR) is 102 cm³/mol. The molecule has 0 aromatic heterocycles. The Hall–Kier alpha value is -2.08. The van der Waals surface area contributed by atoms with E-state index >= 15 is 0 Å². The summed E-state index contributed by atoms with van der Waals surface area (Å²) in [5.74, 6) is 0.715. The predicted octanol–water partition coefficient (Wildman–Crippen LogP) is 1.67. The molecule has 1 saturated heterocycles. The minimum atomic E-state index is -0.553. The summed E-state index contributed by atoms with van der Waals surface area (Å²) in [4.78, 5) is 28.4. The van der Waals surface area contributed by atoms with Crippen LogP contribution in [0.15, 0.2) is 24.3 Å². The topological polar surface area (TPSA) is 75.9 Å². The first-order valence-corrected chi connectivity index (χ1v) is 9.42. The fourth-order valence-electron chi connectivity index (χ4n) is 2.96. The third kappa shape index (κ3) is 4.97. The number of ether oxygens (including phenoxy) is 1. The summed E-state index contributed by atoms with van der Waals surface area (Å²) in [6.45, 7) is 9.80. The summed E-state index contributed by atoms with van der Waals surface area (Å²) in [6, 6.07) is 7.33. The van der Waals surface area contributed by atoms with Gasteiger partial charge in [-0.05, 0) is 37.0 Å². The first-order valence-electron chi connectivity index (χ1n) is 9.42. The second-order valence-corrected chi connectivity index (χ2v) is 7.18. The van der Waals surface area contributed by atoms with Crippen molar-refractivity contribution in [2.45, 2.75) is 46.3 Å². The molecule has 0 radical (unpaired) electrons. The van der Waals surface area contributed by atoms with Crippen LogP contribution in [0.2, 0.25) is 0 Å². The molecule has 0 aliphatic carbocycles. The highest BCUT2D eigenvalue weighted by atomic mass is 16.5. The Bertz CT molecular complexity index is 607. The van der Waals surface area contributed by atoms with E-state index in [1.807, 2.05) is 38.1 Å². The molecule has 1 aromatic rings. The van der Waals surface area contributed by atoms with Crippen molar-refractivity contribution in [3.05, 3.63) is 29.8 Å². The lowest BCUT2D eigenvalue weighted by Gasteiger charge is -2.37. The molecule has 26 heavy (non-hydrogen) atoms. The van der Waals surface area contributed by atoms with E-state index in [4.69, 9.17) is 10.5 Å². The first-order chi connectivity index (χ1) is 12.3. The quantitative estimate of drug-likeness (QED) is 0.836. The summed E-state index contributed by atoms with van der Waals surface area (Å²) < 4.78 is 5.78. The van der Waals surface area contributed by atoms with Gasteiger partial charge in [0.2, 0.25) is 5.91 Å². The maximum Gasteiger partial charge on any atom is 0.263 e. The molecule has 2 atom stereocenters. The molecule has 6 heteroatoms. The van der Waals surface area contributed by atoms with Crippen LogP contribution in [0, 0.1) is 5.92 Å². The summed E-state index contributed by atoms with van der Waals surface area (Å²) >= 11 is 0. The number of rotatable bonds is 6. The van der Waals surface area contributed by atoms with Gasteiger partial charge in [-0.25, -0.2) is 0 Å². The molecule has 6 nitrogen and oxygen atoms in total. The average Bonchev–Trinajstić information content (AvgIpc) is 2.66. The lowest BCUT2D eigenvalue weighted by Crippen LogP contribution is -2.56. The van der Waals surface area contributed by atoms with Gasteiger partial charge in [-0.1, -0.05) is 32.9 Å². The molecular formula is C20H31N3O3. The van der Waals surface area contributed by atoms with Crippen LogP contribution in [-0.2, 0) is 16.0 Å². The SMILES string of the molecule is CCc1ccc(OC(C)C(=O)N2CCN(C(=O)[C@@H](N)C(C)C)CC2)cc1. The zero-order chi connectivity index (χ0) is 19.3. The van der Waals surface area contributed by atoms with Gasteiger partial charge in [0.15, 0.2) is 6.10 Å². The lowest BCUT2D eigenvalue weighted by molar-refractivity contribution is -0.144. The van der Waals surface area contributed by atoms with Gasteiger partial charge < -0.3 is 20.3 Å². The van der Waals surface area contributed by atoms with E-state index in [0.29, 0.717) is 31.9 Å². The van der Waals surface area contributed by atoms with Crippen molar-refractivity contribution < 1.29 is 14.3 Å². The lowest BCUT2D eigenvalue weighted by atomic mass is 10.0. The van der Waals surface area contributed by atoms with E-state index in [-0.39, 0.29) is 17.7 Å². The molecule has 1 aliphatic rings. The van der Waals surface area contributed by atoms with Crippen LogP contribution in [0.3, 0.4) is 0 Å². The number of hydrogen-bond acceptors (Lipinski definition) is 4. The average molecular weight is 361 g/mol. The smallest absolute Gasteiger partial charge is 0.263 e. The van der Waals surface area contributed by atoms with Gasteiger partial charge in [-0.15, -0.1) is 0 Å². The zero-order valence-corrected chi connectivity index (χ0v) is 16.3. The van der Waals surface area contributed by atoms with Crippen molar-refractivity contribution in [3.8, 4) is 5.75 Å². The van der Waals surface area contributed by atoms with Gasteiger partial charge in [0.05, 0.1) is 6.04 Å². The van der Waals surface area contributed by atoms with Gasteiger partial charge in [-0.3, -0.25) is 9.59 Å². The standard InChI is InChI=1S/C20H31N3O3/c1-5-16-6-8-17(9-7-16)26-15(4)19(24)22-10-12-23(13-11-22)20(25)18(21)14(2)3/h6-9,14-15,18H,5,10-13,21H2,1-4H3/t15?,18-/m0/s1. The number of hydrogen-bond donors (Lipinski definition) is 1. The van der Waals surface area contributed by atoms with E-state index in [0.717, 1.165) is 6.42 Å². The Balaban J connectivity index is 1.85. The summed E-state index contributed by atoms with van der Waals surface area (Å²) in [5, 5.41) is 0. The Morgan fingerprint density at radius 2 is 1.50 bits per heavy atom. The molecule has 0 bridgehead atoms. The highest BCUT2D eigenvalue weighted by molar-refractivity contribution is 5.83. The van der Waals surface area contributed by atoms with Crippen LogP contribution >= 0.6 is 0 Å². The number of nitrogens with two attached hydrogens (primary N) is 1. The fraction of sp³-hybridized carbons (Fsp3) is 0.600. The third-order valence-corrected chi connectivity index (χ3v) is 4.90. The maximum atomic E-state index is 12.6. The molecule has 2 N–H and O–H groups in total. The van der Waals surface area contributed by atoms with Crippen LogP contribution in [0.25, 0.3) is 0 Å². The van der Waals surface area contributed by atoms with Crippen molar-refractivity contribution in [3.63, 3.8) is 0 Å². The molecule has 1 aromatic carbocycles. The van der Waals surface area contributed by atoms with Crippen LogP contribution in [0.5, 0.6) is 5.75 Å². The van der Waals surface area contributed by atoms with E-state index < -0.39 is 12.1 Å². The summed E-state index contributed by atoms with van der Waals surface area (Å²) in [7, 11) is 0. The highest BCUT2D eigenvalue weighted by Crippen LogP contribution is 2.16. The second-order valence-electron chi connectivity index (χ2n) is 7.18. The Morgan fingerprint density at radius 3 is 1.96 bits per heavy atom. The van der Waals surface area contributed by atoms with E-state index in [1.54, 1.807) is 16.7 Å². The number of aryl methyl sites for hydroxylation is 1. The van der Waals surface area contributed by atoms with Crippen LogP contribution in [-0.4, -0.2) is 59.9 Å². The number of piperazine rings is 1. The Labute approximate surface area is 156 Å². The van der Waals surface area contributed by atoms with Crippen molar-refractivity contribution in [2.75, 3.05) is 26.2 Å². The largest absolute Gasteiger partial charge is 0.481 e. The molecule has 0 spiro atoms. The van der Waals surface area contributed by atoms with Gasteiger partial charge in [0.25, 0.3) is 5.91 Å². The van der Waals surface area contributed by atoms with Gasteiger partial charge in [0.1, 0.15) is 5.75 Å². The molecule has 1 heterocycles. The minimum Gasteiger partial charge on any atom is -0.481 e. The van der Waals surface area contributed by atoms with Crippen LogP contribution in [0.4, 0.5) is 0 Å². The molecule has 1 unspecified atom stereocenters. The van der Waals surface area contributed by atoms with Gasteiger partial charge in [-0.2, -0.15) is 0 Å². The highest BCUT2D eigenvalue weighted by Gasteiger charge is 2.30. The molecular weight excluding hydrogens is 330 g/mol. The van der Waals surface area contributed by atoms with Crippen LogP contribution < -0.4 is 10.5 Å². The van der Waals surface area contributed by atoms with Crippen molar-refractivity contribution in [2.24, 2.45) is 11.7 Å². The molecule has 144 valence electrons. The van der Waals surface area contributed by atoms with Crippen molar-refractivity contribution in [1.82, 2.24) is 9.80 Å². The van der Waals surface area contributed by atoms with E-state index in [1.165, 1.54) is 5.56 Å². The summed E-state index contributed by atoms with van der Waals surface area (Å²) in [5.41, 5.74) is 7.18. The molecule has 0 saturated carbocycles. The van der Waals surface area contributed by atoms with E-state index in [9.17, 15) is 9.59 Å². The maximum absolute atomic E-state index is 12.6. The number of benzene rings is 1. The van der Waals surface area contributed by atoms with Crippen molar-refractivity contribution >= 4 is 11.8 Å². The monoisotopic (exact) mass is 361 g/mol. The molecule has 2 amide bonds. The van der Waals surface area contributed by atoms with E-state index in [2.05, 4.69) is 6.92 Å². The third-order valence-electron chi connectivity index (χ3n) is 4.90. The Kier molecular flexibility index (Phi) is 7.03. The zero-order valence-electron chi connectivity index (χ0n) is 16.3. The normalized spacial score (nSPS) is 17.2. The first kappa shape index (κ1) is 20.2. The summed E-state index contributed by atoms with van der Waals surface area (Å²) in [6.07, 6.45) is 0.417. The van der Waals surface area contributed by atoms with Gasteiger partial charge in [0, 0.05) is 26.2 Å². The fourth-order valence-corrected chi connectivity index (χ4v) is 2.96. The number of carbonyl (C=O) groups excluding carboxylic acids is 2. The van der Waals surface area contributed by atoms with Crippen LogP contribution in [0.1, 0.15) is 33.3 Å². The molecule has 1 fully saturated rings. The Morgan fingerprint density at radius 1 is 1.00 bits per heavy atom. The minimum absolute atomic E-state index is 0.0348. The number of carbonyl (C=O) groups is 2. The number of amides is 2.